The van der Waals surface area contributed by atoms with E-state index in [-0.39, 0.29) is 11.9 Å². The first-order valence-electron chi connectivity index (χ1n) is 5.77. The summed E-state index contributed by atoms with van der Waals surface area (Å²) in [5.74, 6) is 0.949. The molecule has 4 heteroatoms. The Bertz CT molecular complexity index is 431. The number of nitrogens with zero attached hydrogens (tertiary/aromatic N) is 1. The smallest absolute Gasteiger partial charge is 0.224 e. The first-order valence-corrected chi connectivity index (χ1v) is 5.77. The standard InChI is InChI=1S/C13H18N2O2/c1-9-3-4-12(17-2)10(5-9)7-15-8-11(14)6-13(15)16/h3-5,11H,6-8,14H2,1-2H3. The van der Waals surface area contributed by atoms with Gasteiger partial charge in [-0.1, -0.05) is 17.7 Å². The normalized spacial score (nSPS) is 19.8. The molecule has 0 aromatic heterocycles. The Balaban J connectivity index is 2.18. The summed E-state index contributed by atoms with van der Waals surface area (Å²) < 4.78 is 5.30. The summed E-state index contributed by atoms with van der Waals surface area (Å²) in [6, 6.07) is 5.96. The van der Waals surface area contributed by atoms with Crippen LogP contribution in [0.15, 0.2) is 18.2 Å². The summed E-state index contributed by atoms with van der Waals surface area (Å²) in [7, 11) is 1.64. The van der Waals surface area contributed by atoms with Gasteiger partial charge in [0.05, 0.1) is 7.11 Å². The van der Waals surface area contributed by atoms with Crippen molar-refractivity contribution >= 4 is 5.91 Å². The van der Waals surface area contributed by atoms with E-state index in [0.29, 0.717) is 19.5 Å². The minimum absolute atomic E-state index is 0.0293. The van der Waals surface area contributed by atoms with Crippen molar-refractivity contribution in [2.24, 2.45) is 5.73 Å². The number of aryl methyl sites for hydroxylation is 1. The molecule has 1 aromatic rings. The van der Waals surface area contributed by atoms with Crippen LogP contribution < -0.4 is 10.5 Å². The quantitative estimate of drug-likeness (QED) is 0.851. The molecule has 1 unspecified atom stereocenters. The van der Waals surface area contributed by atoms with Crippen LogP contribution in [-0.4, -0.2) is 30.5 Å². The molecule has 1 saturated heterocycles. The number of carbonyl (C=O) groups excluding carboxylic acids is 1. The number of rotatable bonds is 3. The fraction of sp³-hybridized carbons (Fsp3) is 0.462. The molecule has 2 N–H and O–H groups in total. The maximum atomic E-state index is 11.7. The van der Waals surface area contributed by atoms with Gasteiger partial charge >= 0.3 is 0 Å². The van der Waals surface area contributed by atoms with E-state index >= 15 is 0 Å². The second-order valence-electron chi connectivity index (χ2n) is 4.55. The Hall–Kier alpha value is -1.55. The molecule has 1 amide bonds. The van der Waals surface area contributed by atoms with Crippen molar-refractivity contribution in [1.29, 1.82) is 0 Å². The predicted molar refractivity (Wildman–Crippen MR) is 65.7 cm³/mol. The largest absolute Gasteiger partial charge is 0.496 e. The fourth-order valence-electron chi connectivity index (χ4n) is 2.19. The van der Waals surface area contributed by atoms with Gasteiger partial charge in [0.15, 0.2) is 0 Å². The molecule has 2 rings (SSSR count). The predicted octanol–water partition coefficient (Wildman–Crippen LogP) is 1.06. The molecule has 1 aromatic carbocycles. The van der Waals surface area contributed by atoms with Crippen molar-refractivity contribution in [3.8, 4) is 5.75 Å². The lowest BCUT2D eigenvalue weighted by atomic mass is 10.1. The SMILES string of the molecule is COc1ccc(C)cc1CN1CC(N)CC1=O. The van der Waals surface area contributed by atoms with Crippen molar-refractivity contribution in [3.63, 3.8) is 0 Å². The molecule has 1 aliphatic heterocycles. The highest BCUT2D eigenvalue weighted by Gasteiger charge is 2.27. The van der Waals surface area contributed by atoms with E-state index < -0.39 is 0 Å². The van der Waals surface area contributed by atoms with E-state index in [1.54, 1.807) is 12.0 Å². The summed E-state index contributed by atoms with van der Waals surface area (Å²) in [4.78, 5) is 13.5. The van der Waals surface area contributed by atoms with Gasteiger partial charge in [-0.25, -0.2) is 0 Å². The van der Waals surface area contributed by atoms with Crippen LogP contribution in [0.2, 0.25) is 0 Å². The van der Waals surface area contributed by atoms with Crippen LogP contribution in [0.25, 0.3) is 0 Å². The third-order valence-corrected chi connectivity index (χ3v) is 3.04. The molecule has 1 fully saturated rings. The summed E-state index contributed by atoms with van der Waals surface area (Å²) in [6.45, 7) is 3.24. The zero-order valence-corrected chi connectivity index (χ0v) is 10.3. The molecule has 92 valence electrons. The van der Waals surface area contributed by atoms with E-state index in [1.165, 1.54) is 0 Å². The molecular formula is C13H18N2O2. The number of nitrogens with two attached hydrogens (primary N) is 1. The van der Waals surface area contributed by atoms with Gasteiger partial charge in [0.2, 0.25) is 5.91 Å². The lowest BCUT2D eigenvalue weighted by molar-refractivity contribution is -0.128. The molecule has 17 heavy (non-hydrogen) atoms. The van der Waals surface area contributed by atoms with Crippen LogP contribution >= 0.6 is 0 Å². The van der Waals surface area contributed by atoms with E-state index in [2.05, 4.69) is 6.07 Å². The van der Waals surface area contributed by atoms with Gasteiger partial charge in [0.1, 0.15) is 5.75 Å². The first kappa shape index (κ1) is 11.9. The number of methoxy groups -OCH3 is 1. The number of likely N-dealkylation sites (tertiary alicyclic amines) is 1. The first-order chi connectivity index (χ1) is 8.10. The number of hydrogen-bond acceptors (Lipinski definition) is 3. The van der Waals surface area contributed by atoms with Gasteiger partial charge in [-0.05, 0) is 13.0 Å². The molecule has 0 saturated carbocycles. The highest BCUT2D eigenvalue weighted by Crippen LogP contribution is 2.23. The maximum Gasteiger partial charge on any atom is 0.224 e. The molecule has 0 spiro atoms. The van der Waals surface area contributed by atoms with E-state index in [0.717, 1.165) is 16.9 Å². The number of amides is 1. The van der Waals surface area contributed by atoms with Crippen LogP contribution in [0.5, 0.6) is 5.75 Å². The van der Waals surface area contributed by atoms with E-state index in [4.69, 9.17) is 10.5 Å². The average Bonchev–Trinajstić information content (AvgIpc) is 2.58. The third-order valence-electron chi connectivity index (χ3n) is 3.04. The van der Waals surface area contributed by atoms with Crippen molar-refractivity contribution in [2.45, 2.75) is 25.9 Å². The zero-order chi connectivity index (χ0) is 12.4. The second-order valence-corrected chi connectivity index (χ2v) is 4.55. The third kappa shape index (κ3) is 2.58. The molecule has 0 aliphatic carbocycles. The summed E-state index contributed by atoms with van der Waals surface area (Å²) in [6.07, 6.45) is 0.453. The van der Waals surface area contributed by atoms with Crippen molar-refractivity contribution in [3.05, 3.63) is 29.3 Å². The average molecular weight is 234 g/mol. The Labute approximate surface area is 101 Å². The Morgan fingerprint density at radius 1 is 1.53 bits per heavy atom. The van der Waals surface area contributed by atoms with Crippen LogP contribution in [0.4, 0.5) is 0 Å². The van der Waals surface area contributed by atoms with Crippen molar-refractivity contribution < 1.29 is 9.53 Å². The summed E-state index contributed by atoms with van der Waals surface area (Å²) >= 11 is 0. The number of hydrogen-bond donors (Lipinski definition) is 1. The highest BCUT2D eigenvalue weighted by molar-refractivity contribution is 5.79. The summed E-state index contributed by atoms with van der Waals surface area (Å²) in [5.41, 5.74) is 7.98. The molecule has 1 atom stereocenters. The lowest BCUT2D eigenvalue weighted by Crippen LogP contribution is -2.28. The maximum absolute atomic E-state index is 11.7. The van der Waals surface area contributed by atoms with Crippen LogP contribution in [0, 0.1) is 6.92 Å². The van der Waals surface area contributed by atoms with Crippen LogP contribution in [0.1, 0.15) is 17.5 Å². The Morgan fingerprint density at radius 2 is 2.29 bits per heavy atom. The van der Waals surface area contributed by atoms with Gasteiger partial charge in [-0.15, -0.1) is 0 Å². The monoisotopic (exact) mass is 234 g/mol. The molecule has 1 aliphatic rings. The molecule has 1 heterocycles. The highest BCUT2D eigenvalue weighted by atomic mass is 16.5. The van der Waals surface area contributed by atoms with Crippen molar-refractivity contribution in [1.82, 2.24) is 4.90 Å². The molecule has 0 radical (unpaired) electrons. The molecule has 0 bridgehead atoms. The molecule has 4 nitrogen and oxygen atoms in total. The fourth-order valence-corrected chi connectivity index (χ4v) is 2.19. The zero-order valence-electron chi connectivity index (χ0n) is 10.3. The Morgan fingerprint density at radius 3 is 2.88 bits per heavy atom. The molecular weight excluding hydrogens is 216 g/mol. The van der Waals surface area contributed by atoms with Crippen LogP contribution in [-0.2, 0) is 11.3 Å². The number of carbonyl (C=O) groups is 1. The van der Waals surface area contributed by atoms with Gasteiger partial charge in [0.25, 0.3) is 0 Å². The van der Waals surface area contributed by atoms with Gasteiger partial charge in [-0.2, -0.15) is 0 Å². The number of benzene rings is 1. The van der Waals surface area contributed by atoms with Gasteiger partial charge < -0.3 is 15.4 Å². The topological polar surface area (TPSA) is 55.6 Å². The van der Waals surface area contributed by atoms with Crippen LogP contribution in [0.3, 0.4) is 0 Å². The minimum atomic E-state index is -0.0293. The lowest BCUT2D eigenvalue weighted by Gasteiger charge is -2.18. The van der Waals surface area contributed by atoms with Crippen molar-refractivity contribution in [2.75, 3.05) is 13.7 Å². The summed E-state index contributed by atoms with van der Waals surface area (Å²) in [5, 5.41) is 0. The second kappa shape index (κ2) is 4.75. The number of ether oxygens (including phenoxy) is 1. The van der Waals surface area contributed by atoms with Gasteiger partial charge in [-0.3, -0.25) is 4.79 Å². The Kier molecular flexibility index (Phi) is 3.33. The minimum Gasteiger partial charge on any atom is -0.496 e. The van der Waals surface area contributed by atoms with Gasteiger partial charge in [0, 0.05) is 31.1 Å². The van der Waals surface area contributed by atoms with E-state index in [9.17, 15) is 4.79 Å². The van der Waals surface area contributed by atoms with E-state index in [1.807, 2.05) is 19.1 Å².